The first-order valence-corrected chi connectivity index (χ1v) is 7.15. The minimum absolute atomic E-state index is 0.0917. The van der Waals surface area contributed by atoms with Gasteiger partial charge >= 0.3 is 0 Å². The molecule has 1 heterocycles. The first kappa shape index (κ1) is 13.7. The van der Waals surface area contributed by atoms with Crippen molar-refractivity contribution >= 4 is 10.0 Å². The SMILES string of the molecule is Cc1ccc(S(=O)(=O)NC(C)c2cn[nH]c2)cc1F. The van der Waals surface area contributed by atoms with Crippen LogP contribution in [0.15, 0.2) is 35.5 Å². The van der Waals surface area contributed by atoms with Crippen molar-refractivity contribution in [3.63, 3.8) is 0 Å². The van der Waals surface area contributed by atoms with Gasteiger partial charge in [0.15, 0.2) is 0 Å². The number of halogens is 1. The smallest absolute Gasteiger partial charge is 0.241 e. The lowest BCUT2D eigenvalue weighted by molar-refractivity contribution is 0.563. The summed E-state index contributed by atoms with van der Waals surface area (Å²) >= 11 is 0. The summed E-state index contributed by atoms with van der Waals surface area (Å²) in [5, 5.41) is 6.36. The fraction of sp³-hybridized carbons (Fsp3) is 0.250. The predicted molar refractivity (Wildman–Crippen MR) is 68.5 cm³/mol. The van der Waals surface area contributed by atoms with E-state index in [-0.39, 0.29) is 4.90 Å². The molecule has 0 bridgehead atoms. The van der Waals surface area contributed by atoms with Crippen molar-refractivity contribution in [2.24, 2.45) is 0 Å². The Morgan fingerprint density at radius 2 is 2.16 bits per heavy atom. The predicted octanol–water partition coefficient (Wildman–Crippen LogP) is 1.90. The third-order valence-electron chi connectivity index (χ3n) is 2.80. The number of aryl methyl sites for hydroxylation is 1. The average molecular weight is 283 g/mol. The van der Waals surface area contributed by atoms with Gasteiger partial charge in [0, 0.05) is 17.8 Å². The van der Waals surface area contributed by atoms with E-state index in [1.807, 2.05) is 0 Å². The molecule has 0 fully saturated rings. The van der Waals surface area contributed by atoms with Crippen molar-refractivity contribution < 1.29 is 12.8 Å². The van der Waals surface area contributed by atoms with Crippen molar-refractivity contribution in [2.45, 2.75) is 24.8 Å². The molecule has 7 heteroatoms. The maximum absolute atomic E-state index is 13.4. The van der Waals surface area contributed by atoms with Crippen LogP contribution in [0.1, 0.15) is 24.1 Å². The number of sulfonamides is 1. The number of aromatic nitrogens is 2. The average Bonchev–Trinajstić information content (AvgIpc) is 2.85. The molecule has 0 saturated carbocycles. The van der Waals surface area contributed by atoms with Crippen LogP contribution in [0.3, 0.4) is 0 Å². The topological polar surface area (TPSA) is 74.8 Å². The van der Waals surface area contributed by atoms with Crippen LogP contribution in [-0.2, 0) is 10.0 Å². The van der Waals surface area contributed by atoms with Gasteiger partial charge in [-0.1, -0.05) is 6.07 Å². The molecular weight excluding hydrogens is 269 g/mol. The van der Waals surface area contributed by atoms with Crippen LogP contribution in [0.2, 0.25) is 0 Å². The Morgan fingerprint density at radius 1 is 1.42 bits per heavy atom. The van der Waals surface area contributed by atoms with E-state index >= 15 is 0 Å². The summed E-state index contributed by atoms with van der Waals surface area (Å²) in [5.74, 6) is -0.543. The maximum Gasteiger partial charge on any atom is 0.241 e. The third kappa shape index (κ3) is 2.99. The molecule has 1 aromatic heterocycles. The Hall–Kier alpha value is -1.73. The Bertz CT molecular complexity index is 668. The van der Waals surface area contributed by atoms with Crippen molar-refractivity contribution in [3.05, 3.63) is 47.5 Å². The fourth-order valence-corrected chi connectivity index (χ4v) is 2.85. The van der Waals surface area contributed by atoms with Crippen LogP contribution in [0, 0.1) is 12.7 Å². The van der Waals surface area contributed by atoms with E-state index in [1.54, 1.807) is 20.0 Å². The molecule has 0 amide bonds. The molecule has 2 N–H and O–H groups in total. The summed E-state index contributed by atoms with van der Waals surface area (Å²) < 4.78 is 40.1. The summed E-state index contributed by atoms with van der Waals surface area (Å²) in [6.45, 7) is 3.26. The zero-order chi connectivity index (χ0) is 14.0. The monoisotopic (exact) mass is 283 g/mol. The van der Waals surface area contributed by atoms with Gasteiger partial charge in [0.05, 0.1) is 11.1 Å². The molecule has 102 valence electrons. The van der Waals surface area contributed by atoms with Crippen LogP contribution >= 0.6 is 0 Å². The highest BCUT2D eigenvalue weighted by atomic mass is 32.2. The van der Waals surface area contributed by atoms with E-state index in [0.29, 0.717) is 11.1 Å². The van der Waals surface area contributed by atoms with Gasteiger partial charge in [-0.2, -0.15) is 5.10 Å². The largest absolute Gasteiger partial charge is 0.285 e. The molecule has 0 radical (unpaired) electrons. The highest BCUT2D eigenvalue weighted by Crippen LogP contribution is 2.18. The maximum atomic E-state index is 13.4. The quantitative estimate of drug-likeness (QED) is 0.900. The number of benzene rings is 1. The Morgan fingerprint density at radius 3 is 2.74 bits per heavy atom. The zero-order valence-electron chi connectivity index (χ0n) is 10.5. The van der Waals surface area contributed by atoms with E-state index in [0.717, 1.165) is 6.07 Å². The number of rotatable bonds is 4. The molecule has 0 spiro atoms. The second-order valence-electron chi connectivity index (χ2n) is 4.29. The first-order chi connectivity index (χ1) is 8.90. The molecule has 0 saturated heterocycles. The van der Waals surface area contributed by atoms with Crippen LogP contribution in [0.4, 0.5) is 4.39 Å². The van der Waals surface area contributed by atoms with Gasteiger partial charge in [0.25, 0.3) is 0 Å². The van der Waals surface area contributed by atoms with Crippen molar-refractivity contribution in [2.75, 3.05) is 0 Å². The lowest BCUT2D eigenvalue weighted by Crippen LogP contribution is -2.26. The second-order valence-corrected chi connectivity index (χ2v) is 6.00. The molecule has 19 heavy (non-hydrogen) atoms. The zero-order valence-corrected chi connectivity index (χ0v) is 11.3. The molecule has 5 nitrogen and oxygen atoms in total. The van der Waals surface area contributed by atoms with Crippen LogP contribution < -0.4 is 4.72 Å². The minimum Gasteiger partial charge on any atom is -0.285 e. The molecule has 0 aliphatic carbocycles. The van der Waals surface area contributed by atoms with E-state index in [4.69, 9.17) is 0 Å². The highest BCUT2D eigenvalue weighted by molar-refractivity contribution is 7.89. The Balaban J connectivity index is 2.25. The van der Waals surface area contributed by atoms with Crippen molar-refractivity contribution in [3.8, 4) is 0 Å². The summed E-state index contributed by atoms with van der Waals surface area (Å²) in [6, 6.07) is 3.38. The fourth-order valence-electron chi connectivity index (χ4n) is 1.61. The van der Waals surface area contributed by atoms with Gasteiger partial charge in [-0.3, -0.25) is 5.10 Å². The van der Waals surface area contributed by atoms with Gasteiger partial charge in [-0.25, -0.2) is 17.5 Å². The summed E-state index contributed by atoms with van der Waals surface area (Å²) in [7, 11) is -3.76. The molecule has 1 aromatic carbocycles. The highest BCUT2D eigenvalue weighted by Gasteiger charge is 2.19. The number of nitrogens with one attached hydrogen (secondary N) is 2. The first-order valence-electron chi connectivity index (χ1n) is 5.67. The second kappa shape index (κ2) is 5.10. The summed E-state index contributed by atoms with van der Waals surface area (Å²) in [5.41, 5.74) is 1.11. The van der Waals surface area contributed by atoms with Crippen molar-refractivity contribution in [1.29, 1.82) is 0 Å². The van der Waals surface area contributed by atoms with Crippen LogP contribution in [-0.4, -0.2) is 18.6 Å². The van der Waals surface area contributed by atoms with Crippen LogP contribution in [0.25, 0.3) is 0 Å². The summed E-state index contributed by atoms with van der Waals surface area (Å²) in [6.07, 6.45) is 3.13. The van der Waals surface area contributed by atoms with Gasteiger partial charge < -0.3 is 0 Å². The van der Waals surface area contributed by atoms with E-state index in [9.17, 15) is 12.8 Å². The van der Waals surface area contributed by atoms with E-state index in [2.05, 4.69) is 14.9 Å². The Labute approximate surface area is 110 Å². The van der Waals surface area contributed by atoms with Gasteiger partial charge in [0.2, 0.25) is 10.0 Å². The van der Waals surface area contributed by atoms with E-state index in [1.165, 1.54) is 18.3 Å². The molecule has 0 aliphatic rings. The van der Waals surface area contributed by atoms with Gasteiger partial charge in [-0.15, -0.1) is 0 Å². The number of nitrogens with zero attached hydrogens (tertiary/aromatic N) is 1. The summed E-state index contributed by atoms with van der Waals surface area (Å²) in [4.78, 5) is -0.0917. The third-order valence-corrected chi connectivity index (χ3v) is 4.34. The number of hydrogen-bond acceptors (Lipinski definition) is 3. The normalized spacial score (nSPS) is 13.4. The molecule has 2 aromatic rings. The molecule has 0 aliphatic heterocycles. The van der Waals surface area contributed by atoms with Crippen LogP contribution in [0.5, 0.6) is 0 Å². The Kier molecular flexibility index (Phi) is 3.68. The molecule has 2 rings (SSSR count). The lowest BCUT2D eigenvalue weighted by atomic mass is 10.2. The number of H-pyrrole nitrogens is 1. The molecule has 1 unspecified atom stereocenters. The number of aromatic amines is 1. The lowest BCUT2D eigenvalue weighted by Gasteiger charge is -2.13. The van der Waals surface area contributed by atoms with Gasteiger partial charge in [0.1, 0.15) is 5.82 Å². The molecule has 1 atom stereocenters. The minimum atomic E-state index is -3.76. The molecular formula is C12H14FN3O2S. The standard InChI is InChI=1S/C12H14FN3O2S/c1-8-3-4-11(5-12(8)13)19(17,18)16-9(2)10-6-14-15-7-10/h3-7,9,16H,1-2H3,(H,14,15). The van der Waals surface area contributed by atoms with Gasteiger partial charge in [-0.05, 0) is 31.5 Å². The van der Waals surface area contributed by atoms with Crippen molar-refractivity contribution in [1.82, 2.24) is 14.9 Å². The van der Waals surface area contributed by atoms with E-state index < -0.39 is 21.9 Å². The number of hydrogen-bond donors (Lipinski definition) is 2.